The molecule has 2 aromatic rings. The lowest BCUT2D eigenvalue weighted by atomic mass is 10.1. The summed E-state index contributed by atoms with van der Waals surface area (Å²) in [6.07, 6.45) is 0. The molecule has 0 N–H and O–H groups in total. The lowest BCUT2D eigenvalue weighted by molar-refractivity contribution is 1.53. The molecule has 2 rings (SSSR count). The molecule has 0 saturated heterocycles. The summed E-state index contributed by atoms with van der Waals surface area (Å²) in [5, 5.41) is 5.59. The van der Waals surface area contributed by atoms with Crippen LogP contribution in [0.4, 0.5) is 0 Å². The van der Waals surface area contributed by atoms with Crippen LogP contribution in [0.15, 0.2) is 29.0 Å². The molecule has 0 fully saturated rings. The van der Waals surface area contributed by atoms with Crippen molar-refractivity contribution in [1.29, 1.82) is 0 Å². The summed E-state index contributed by atoms with van der Waals surface area (Å²) >= 11 is 13.6. The first-order chi connectivity index (χ1) is 6.68. The van der Waals surface area contributed by atoms with Crippen LogP contribution >= 0.6 is 34.5 Å². The van der Waals surface area contributed by atoms with E-state index in [9.17, 15) is 0 Å². The summed E-state index contributed by atoms with van der Waals surface area (Å²) in [4.78, 5) is 0. The van der Waals surface area contributed by atoms with Gasteiger partial charge in [0.1, 0.15) is 0 Å². The van der Waals surface area contributed by atoms with Crippen molar-refractivity contribution in [3.8, 4) is 11.1 Å². The van der Waals surface area contributed by atoms with Gasteiger partial charge in [-0.1, -0.05) is 29.3 Å². The van der Waals surface area contributed by atoms with E-state index in [2.05, 4.69) is 17.7 Å². The summed E-state index contributed by atoms with van der Waals surface area (Å²) < 4.78 is 0. The fourth-order valence-corrected chi connectivity index (χ4v) is 2.70. The van der Waals surface area contributed by atoms with E-state index in [1.807, 2.05) is 12.1 Å². The molecular formula is C11H8Cl2S. The van der Waals surface area contributed by atoms with E-state index in [1.165, 1.54) is 11.1 Å². The van der Waals surface area contributed by atoms with Crippen molar-refractivity contribution in [3.05, 3.63) is 44.6 Å². The minimum absolute atomic E-state index is 0.673. The zero-order valence-electron chi connectivity index (χ0n) is 7.55. The van der Waals surface area contributed by atoms with E-state index >= 15 is 0 Å². The molecule has 1 aromatic heterocycles. The maximum atomic E-state index is 6.11. The minimum atomic E-state index is 0.673. The topological polar surface area (TPSA) is 0 Å². The molecular weight excluding hydrogens is 235 g/mol. The molecule has 0 unspecified atom stereocenters. The Kier molecular flexibility index (Phi) is 2.82. The van der Waals surface area contributed by atoms with Crippen molar-refractivity contribution in [2.24, 2.45) is 0 Å². The first-order valence-electron chi connectivity index (χ1n) is 4.16. The molecule has 0 aliphatic carbocycles. The van der Waals surface area contributed by atoms with Crippen LogP contribution in [0.3, 0.4) is 0 Å². The molecule has 0 amide bonds. The van der Waals surface area contributed by atoms with Crippen LogP contribution in [0.2, 0.25) is 10.0 Å². The van der Waals surface area contributed by atoms with E-state index in [0.717, 1.165) is 5.56 Å². The van der Waals surface area contributed by atoms with E-state index in [-0.39, 0.29) is 0 Å². The van der Waals surface area contributed by atoms with Crippen molar-refractivity contribution in [2.45, 2.75) is 6.92 Å². The van der Waals surface area contributed by atoms with Crippen molar-refractivity contribution < 1.29 is 0 Å². The number of hydrogen-bond acceptors (Lipinski definition) is 1. The Morgan fingerprint density at radius 3 is 2.43 bits per heavy atom. The maximum Gasteiger partial charge on any atom is 0.0499 e. The third kappa shape index (κ3) is 1.81. The number of aryl methyl sites for hydroxylation is 1. The van der Waals surface area contributed by atoms with Crippen LogP contribution in [0.25, 0.3) is 11.1 Å². The summed E-state index contributed by atoms with van der Waals surface area (Å²) in [5.41, 5.74) is 3.49. The first-order valence-corrected chi connectivity index (χ1v) is 5.86. The largest absolute Gasteiger partial charge is 0.151 e. The van der Waals surface area contributed by atoms with Crippen LogP contribution in [0.1, 0.15) is 5.56 Å². The van der Waals surface area contributed by atoms with Gasteiger partial charge >= 0.3 is 0 Å². The quantitative estimate of drug-likeness (QED) is 0.658. The molecule has 0 bridgehead atoms. The van der Waals surface area contributed by atoms with Gasteiger partial charge in [0.25, 0.3) is 0 Å². The van der Waals surface area contributed by atoms with Crippen molar-refractivity contribution in [1.82, 2.24) is 0 Å². The Morgan fingerprint density at radius 2 is 1.86 bits per heavy atom. The molecule has 0 aliphatic heterocycles. The van der Waals surface area contributed by atoms with Gasteiger partial charge in [0.2, 0.25) is 0 Å². The third-order valence-electron chi connectivity index (χ3n) is 2.08. The van der Waals surface area contributed by atoms with Crippen LogP contribution < -0.4 is 0 Å². The van der Waals surface area contributed by atoms with E-state index < -0.39 is 0 Å². The molecule has 1 heterocycles. The Hall–Kier alpha value is -0.500. The highest BCUT2D eigenvalue weighted by molar-refractivity contribution is 7.08. The Morgan fingerprint density at radius 1 is 1.07 bits per heavy atom. The maximum absolute atomic E-state index is 6.11. The highest BCUT2D eigenvalue weighted by Gasteiger charge is 2.07. The molecule has 0 radical (unpaired) electrons. The molecule has 3 heteroatoms. The molecule has 0 saturated carbocycles. The molecule has 0 spiro atoms. The average molecular weight is 243 g/mol. The zero-order chi connectivity index (χ0) is 10.1. The summed E-state index contributed by atoms with van der Waals surface area (Å²) in [7, 11) is 0. The van der Waals surface area contributed by atoms with Crippen LogP contribution in [-0.2, 0) is 0 Å². The Balaban J connectivity index is 2.58. The second-order valence-corrected chi connectivity index (χ2v) is 4.68. The van der Waals surface area contributed by atoms with Gasteiger partial charge in [-0.15, -0.1) is 0 Å². The normalized spacial score (nSPS) is 10.5. The molecule has 0 nitrogen and oxygen atoms in total. The fraction of sp³-hybridized carbons (Fsp3) is 0.0909. The smallest absolute Gasteiger partial charge is 0.0499 e. The fourth-order valence-electron chi connectivity index (χ4n) is 1.34. The molecule has 14 heavy (non-hydrogen) atoms. The van der Waals surface area contributed by atoms with E-state index in [4.69, 9.17) is 23.2 Å². The van der Waals surface area contributed by atoms with Gasteiger partial charge in [0.15, 0.2) is 0 Å². The summed E-state index contributed by atoms with van der Waals surface area (Å²) in [6.45, 7) is 2.08. The second-order valence-electron chi connectivity index (χ2n) is 3.09. The van der Waals surface area contributed by atoms with Crippen LogP contribution in [0, 0.1) is 6.92 Å². The van der Waals surface area contributed by atoms with Gasteiger partial charge < -0.3 is 0 Å². The monoisotopic (exact) mass is 242 g/mol. The molecule has 0 aliphatic rings. The van der Waals surface area contributed by atoms with Crippen molar-refractivity contribution >= 4 is 34.5 Å². The second kappa shape index (κ2) is 3.93. The van der Waals surface area contributed by atoms with E-state index in [0.29, 0.717) is 10.0 Å². The van der Waals surface area contributed by atoms with E-state index in [1.54, 1.807) is 17.4 Å². The van der Waals surface area contributed by atoms with Gasteiger partial charge in [-0.25, -0.2) is 0 Å². The number of rotatable bonds is 1. The SMILES string of the molecule is Cc1cscc1-c1ccc(Cl)cc1Cl. The molecule has 0 atom stereocenters. The van der Waals surface area contributed by atoms with Gasteiger partial charge in [-0.2, -0.15) is 11.3 Å². The lowest BCUT2D eigenvalue weighted by Crippen LogP contribution is -1.79. The van der Waals surface area contributed by atoms with Gasteiger partial charge in [-0.3, -0.25) is 0 Å². The number of hydrogen-bond donors (Lipinski definition) is 0. The standard InChI is InChI=1S/C11H8Cl2S/c1-7-5-14-6-10(7)9-3-2-8(12)4-11(9)13/h2-6H,1H3. The summed E-state index contributed by atoms with van der Waals surface area (Å²) in [5.74, 6) is 0. The predicted octanol–water partition coefficient (Wildman–Crippen LogP) is 5.03. The number of halogens is 2. The van der Waals surface area contributed by atoms with Gasteiger partial charge in [0.05, 0.1) is 0 Å². The van der Waals surface area contributed by atoms with Crippen LogP contribution in [-0.4, -0.2) is 0 Å². The summed E-state index contributed by atoms with van der Waals surface area (Å²) in [6, 6.07) is 5.59. The predicted molar refractivity (Wildman–Crippen MR) is 64.5 cm³/mol. The zero-order valence-corrected chi connectivity index (χ0v) is 9.88. The first kappa shape index (κ1) is 10.0. The third-order valence-corrected chi connectivity index (χ3v) is 3.49. The van der Waals surface area contributed by atoms with Crippen LogP contribution in [0.5, 0.6) is 0 Å². The number of benzene rings is 1. The molecule has 1 aromatic carbocycles. The Bertz CT molecular complexity index is 460. The van der Waals surface area contributed by atoms with Crippen molar-refractivity contribution in [3.63, 3.8) is 0 Å². The minimum Gasteiger partial charge on any atom is -0.151 e. The Labute approximate surface area is 97.1 Å². The van der Waals surface area contributed by atoms with Gasteiger partial charge in [-0.05, 0) is 40.9 Å². The van der Waals surface area contributed by atoms with Crippen molar-refractivity contribution in [2.75, 3.05) is 0 Å². The average Bonchev–Trinajstić information content (AvgIpc) is 2.52. The van der Waals surface area contributed by atoms with Gasteiger partial charge in [0, 0.05) is 15.6 Å². The highest BCUT2D eigenvalue weighted by Crippen LogP contribution is 2.33. The lowest BCUT2D eigenvalue weighted by Gasteiger charge is -2.03. The number of thiophene rings is 1. The highest BCUT2D eigenvalue weighted by atomic mass is 35.5. The molecule has 72 valence electrons.